The molecule has 3 N–H and O–H groups in total. The van der Waals surface area contributed by atoms with Crippen molar-refractivity contribution in [1.82, 2.24) is 0 Å². The molecule has 0 atom stereocenters. The molecule has 17 heavy (non-hydrogen) atoms. The van der Waals surface area contributed by atoms with Gasteiger partial charge in [0, 0.05) is 16.8 Å². The number of azo groups is 1. The first kappa shape index (κ1) is 11.4. The molecule has 0 unspecified atom stereocenters. The highest BCUT2D eigenvalue weighted by atomic mass is 35.5. The van der Waals surface area contributed by atoms with Crippen molar-refractivity contribution < 1.29 is 5.11 Å². The zero-order valence-electron chi connectivity index (χ0n) is 8.84. The lowest BCUT2D eigenvalue weighted by Gasteiger charge is -1.98. The number of nitrogen functional groups attached to an aromatic ring is 1. The highest BCUT2D eigenvalue weighted by molar-refractivity contribution is 6.30. The standard InChI is InChI=1S/C12H10ClN3O/c13-8-1-4-10(5-2-8)15-16-11-6-3-9(14)7-12(11)17/h1-7,17H,14H2. The highest BCUT2D eigenvalue weighted by Crippen LogP contribution is 2.29. The minimum atomic E-state index is 0.00251. The van der Waals surface area contributed by atoms with Gasteiger partial charge in [0.1, 0.15) is 11.4 Å². The van der Waals surface area contributed by atoms with Gasteiger partial charge in [-0.1, -0.05) is 11.6 Å². The normalized spacial score (nSPS) is 10.9. The third kappa shape index (κ3) is 2.95. The zero-order valence-corrected chi connectivity index (χ0v) is 9.59. The van der Waals surface area contributed by atoms with Gasteiger partial charge in [-0.05, 0) is 36.4 Å². The summed E-state index contributed by atoms with van der Waals surface area (Å²) in [5, 5.41) is 18.1. The number of hydrogen-bond acceptors (Lipinski definition) is 4. The number of phenolic OH excluding ortho intramolecular Hbond substituents is 1. The van der Waals surface area contributed by atoms with Crippen molar-refractivity contribution in [3.8, 4) is 5.75 Å². The zero-order chi connectivity index (χ0) is 12.3. The maximum absolute atomic E-state index is 9.56. The first-order valence-electron chi connectivity index (χ1n) is 4.91. The summed E-state index contributed by atoms with van der Waals surface area (Å²) in [5.41, 5.74) is 7.01. The summed E-state index contributed by atoms with van der Waals surface area (Å²) in [6.45, 7) is 0. The Balaban J connectivity index is 2.23. The van der Waals surface area contributed by atoms with Crippen LogP contribution in [0.1, 0.15) is 0 Å². The van der Waals surface area contributed by atoms with E-state index in [1.165, 1.54) is 6.07 Å². The van der Waals surface area contributed by atoms with Crippen LogP contribution in [0.5, 0.6) is 5.75 Å². The average Bonchev–Trinajstić information content (AvgIpc) is 2.30. The second kappa shape index (κ2) is 4.84. The fraction of sp³-hybridized carbons (Fsp3) is 0. The summed E-state index contributed by atoms with van der Waals surface area (Å²) in [7, 11) is 0. The van der Waals surface area contributed by atoms with Crippen LogP contribution < -0.4 is 5.73 Å². The molecule has 0 aliphatic carbocycles. The van der Waals surface area contributed by atoms with E-state index in [9.17, 15) is 5.11 Å². The van der Waals surface area contributed by atoms with E-state index in [1.807, 2.05) is 0 Å². The summed E-state index contributed by atoms with van der Waals surface area (Å²) in [5.74, 6) is 0.00251. The van der Waals surface area contributed by atoms with Gasteiger partial charge in [0.25, 0.3) is 0 Å². The molecule has 0 aliphatic heterocycles. The van der Waals surface area contributed by atoms with E-state index in [0.717, 1.165) is 0 Å². The molecule has 4 nitrogen and oxygen atoms in total. The monoisotopic (exact) mass is 247 g/mol. The van der Waals surface area contributed by atoms with Gasteiger partial charge in [0.05, 0.1) is 5.69 Å². The van der Waals surface area contributed by atoms with Crippen LogP contribution in [0.4, 0.5) is 17.1 Å². The second-order valence-corrected chi connectivity index (χ2v) is 3.86. The lowest BCUT2D eigenvalue weighted by atomic mass is 10.3. The molecule has 0 bridgehead atoms. The molecule has 0 saturated carbocycles. The molecule has 86 valence electrons. The summed E-state index contributed by atoms with van der Waals surface area (Å²) >= 11 is 5.75. The van der Waals surface area contributed by atoms with Gasteiger partial charge >= 0.3 is 0 Å². The largest absolute Gasteiger partial charge is 0.506 e. The van der Waals surface area contributed by atoms with Crippen LogP contribution in [-0.4, -0.2) is 5.11 Å². The van der Waals surface area contributed by atoms with Gasteiger partial charge in [-0.25, -0.2) is 0 Å². The van der Waals surface area contributed by atoms with Crippen LogP contribution in [0, 0.1) is 0 Å². The third-order valence-corrected chi connectivity index (χ3v) is 2.35. The van der Waals surface area contributed by atoms with Gasteiger partial charge in [-0.2, -0.15) is 5.11 Å². The maximum Gasteiger partial charge on any atom is 0.145 e. The molecule has 0 saturated heterocycles. The first-order valence-corrected chi connectivity index (χ1v) is 5.29. The Morgan fingerprint density at radius 2 is 1.71 bits per heavy atom. The molecule has 0 amide bonds. The van der Waals surface area contributed by atoms with Crippen molar-refractivity contribution in [1.29, 1.82) is 0 Å². The Bertz CT molecular complexity index is 552. The minimum Gasteiger partial charge on any atom is -0.506 e. The Morgan fingerprint density at radius 3 is 2.35 bits per heavy atom. The number of halogens is 1. The Hall–Kier alpha value is -2.07. The summed E-state index contributed by atoms with van der Waals surface area (Å²) < 4.78 is 0. The van der Waals surface area contributed by atoms with Crippen molar-refractivity contribution >= 4 is 28.7 Å². The number of phenols is 1. The molecule has 0 heterocycles. The predicted molar refractivity (Wildman–Crippen MR) is 68.1 cm³/mol. The van der Waals surface area contributed by atoms with E-state index >= 15 is 0 Å². The van der Waals surface area contributed by atoms with Crippen molar-refractivity contribution in [2.45, 2.75) is 0 Å². The van der Waals surface area contributed by atoms with E-state index in [0.29, 0.717) is 22.1 Å². The van der Waals surface area contributed by atoms with Crippen LogP contribution >= 0.6 is 11.6 Å². The highest BCUT2D eigenvalue weighted by Gasteiger charge is 1.99. The van der Waals surface area contributed by atoms with Crippen LogP contribution in [-0.2, 0) is 0 Å². The lowest BCUT2D eigenvalue weighted by Crippen LogP contribution is -1.81. The molecule has 2 aromatic carbocycles. The Kier molecular flexibility index (Phi) is 3.25. The number of nitrogens with two attached hydrogens (primary N) is 1. The molecule has 0 aliphatic rings. The number of aromatic hydroxyl groups is 1. The van der Waals surface area contributed by atoms with E-state index in [-0.39, 0.29) is 5.75 Å². The molecular weight excluding hydrogens is 238 g/mol. The second-order valence-electron chi connectivity index (χ2n) is 3.42. The SMILES string of the molecule is Nc1ccc(N=Nc2ccc(Cl)cc2)c(O)c1. The molecule has 0 aromatic heterocycles. The predicted octanol–water partition coefficient (Wildman–Crippen LogP) is 4.04. The van der Waals surface area contributed by atoms with Crippen LogP contribution in [0.2, 0.25) is 5.02 Å². The molecule has 2 aromatic rings. The smallest absolute Gasteiger partial charge is 0.145 e. The number of hydrogen-bond donors (Lipinski definition) is 2. The van der Waals surface area contributed by atoms with Gasteiger partial charge < -0.3 is 10.8 Å². The number of benzene rings is 2. The van der Waals surface area contributed by atoms with Gasteiger partial charge in [-0.15, -0.1) is 5.11 Å². The van der Waals surface area contributed by atoms with Gasteiger partial charge in [0.2, 0.25) is 0 Å². The first-order chi connectivity index (χ1) is 8.15. The Morgan fingerprint density at radius 1 is 1.00 bits per heavy atom. The van der Waals surface area contributed by atoms with Gasteiger partial charge in [0.15, 0.2) is 0 Å². The average molecular weight is 248 g/mol. The molecular formula is C12H10ClN3O. The molecule has 0 radical (unpaired) electrons. The quantitative estimate of drug-likeness (QED) is 0.621. The van der Waals surface area contributed by atoms with E-state index in [1.54, 1.807) is 36.4 Å². The van der Waals surface area contributed by atoms with E-state index in [4.69, 9.17) is 17.3 Å². The van der Waals surface area contributed by atoms with E-state index < -0.39 is 0 Å². The van der Waals surface area contributed by atoms with Crippen molar-refractivity contribution in [2.24, 2.45) is 10.2 Å². The fourth-order valence-electron chi connectivity index (χ4n) is 1.24. The minimum absolute atomic E-state index is 0.00251. The van der Waals surface area contributed by atoms with Crippen LogP contribution in [0.15, 0.2) is 52.7 Å². The molecule has 0 fully saturated rings. The summed E-state index contributed by atoms with van der Waals surface area (Å²) in [6.07, 6.45) is 0. The Labute approximate surface area is 103 Å². The van der Waals surface area contributed by atoms with E-state index in [2.05, 4.69) is 10.2 Å². The summed E-state index contributed by atoms with van der Waals surface area (Å²) in [6, 6.07) is 11.6. The summed E-state index contributed by atoms with van der Waals surface area (Å²) in [4.78, 5) is 0. The van der Waals surface area contributed by atoms with Crippen LogP contribution in [0.3, 0.4) is 0 Å². The molecule has 5 heteroatoms. The topological polar surface area (TPSA) is 71.0 Å². The molecule has 0 spiro atoms. The van der Waals surface area contributed by atoms with Crippen molar-refractivity contribution in [2.75, 3.05) is 5.73 Å². The van der Waals surface area contributed by atoms with Gasteiger partial charge in [-0.3, -0.25) is 0 Å². The fourth-order valence-corrected chi connectivity index (χ4v) is 1.37. The number of anilines is 1. The number of nitrogens with zero attached hydrogens (tertiary/aromatic N) is 2. The lowest BCUT2D eigenvalue weighted by molar-refractivity contribution is 0.476. The van der Waals surface area contributed by atoms with Crippen LogP contribution in [0.25, 0.3) is 0 Å². The molecule has 2 rings (SSSR count). The van der Waals surface area contributed by atoms with Crippen molar-refractivity contribution in [3.63, 3.8) is 0 Å². The maximum atomic E-state index is 9.56. The van der Waals surface area contributed by atoms with Crippen molar-refractivity contribution in [3.05, 3.63) is 47.5 Å². The third-order valence-electron chi connectivity index (χ3n) is 2.10. The number of rotatable bonds is 2.